The summed E-state index contributed by atoms with van der Waals surface area (Å²) in [6, 6.07) is 7.90. The fraction of sp³-hybridized carbons (Fsp3) is 0.500. The molecule has 2 aliphatic heterocycles. The molecule has 2 N–H and O–H groups in total. The average Bonchev–Trinajstić information content (AvgIpc) is 3.20. The molecule has 2 heterocycles. The van der Waals surface area contributed by atoms with E-state index in [0.717, 1.165) is 36.7 Å². The summed E-state index contributed by atoms with van der Waals surface area (Å²) in [7, 11) is 0. The number of carbonyl (C=O) groups excluding carboxylic acids is 1. The number of carbonyl (C=O) groups is 1. The lowest BCUT2D eigenvalue weighted by Crippen LogP contribution is -2.44. The van der Waals surface area contributed by atoms with Gasteiger partial charge in [-0.05, 0) is 17.7 Å². The number of fused-ring (bicyclic) bond motifs is 1. The van der Waals surface area contributed by atoms with E-state index in [9.17, 15) is 10.1 Å². The van der Waals surface area contributed by atoms with Gasteiger partial charge in [-0.2, -0.15) is 5.26 Å². The van der Waals surface area contributed by atoms with Crippen molar-refractivity contribution >= 4 is 5.91 Å². The minimum atomic E-state index is -0.474. The molecule has 1 fully saturated rings. The normalized spacial score (nSPS) is 16.6. The summed E-state index contributed by atoms with van der Waals surface area (Å²) in [5, 5.41) is 27.5. The lowest BCUT2D eigenvalue weighted by Gasteiger charge is -2.34. The molecule has 2 aliphatic rings. The zero-order valence-electron chi connectivity index (χ0n) is 16.3. The third-order valence-electron chi connectivity index (χ3n) is 4.94. The molecule has 1 aromatic carbocycles. The van der Waals surface area contributed by atoms with E-state index in [-0.39, 0.29) is 38.7 Å². The quantitative estimate of drug-likeness (QED) is 0.453. The maximum atomic E-state index is 12.5. The molecule has 1 aromatic rings. The maximum Gasteiger partial charge on any atom is 0.266 e. The van der Waals surface area contributed by atoms with Gasteiger partial charge < -0.3 is 29.5 Å². The number of benzene rings is 1. The van der Waals surface area contributed by atoms with E-state index < -0.39 is 5.91 Å². The fourth-order valence-corrected chi connectivity index (χ4v) is 3.39. The summed E-state index contributed by atoms with van der Waals surface area (Å²) < 4.78 is 10.8. The second-order valence-corrected chi connectivity index (χ2v) is 6.89. The molecule has 3 rings (SSSR count). The highest BCUT2D eigenvalue weighted by Crippen LogP contribution is 2.32. The lowest BCUT2D eigenvalue weighted by atomic mass is 10.1. The van der Waals surface area contributed by atoms with Crippen molar-refractivity contribution in [3.63, 3.8) is 0 Å². The number of nitriles is 1. The summed E-state index contributed by atoms with van der Waals surface area (Å²) in [5.41, 5.74) is 1.16. The smallest absolute Gasteiger partial charge is 0.266 e. The van der Waals surface area contributed by atoms with Crippen molar-refractivity contribution in [1.29, 1.82) is 5.26 Å². The maximum absolute atomic E-state index is 12.5. The van der Waals surface area contributed by atoms with Crippen molar-refractivity contribution in [2.24, 2.45) is 0 Å². The van der Waals surface area contributed by atoms with E-state index in [2.05, 4.69) is 4.90 Å². The van der Waals surface area contributed by atoms with Crippen LogP contribution in [0.25, 0.3) is 0 Å². The summed E-state index contributed by atoms with van der Waals surface area (Å²) in [6.45, 7) is 3.78. The number of hydrogen-bond donors (Lipinski definition) is 2. The number of ether oxygens (including phenoxy) is 2. The Bertz CT molecular complexity index is 778. The van der Waals surface area contributed by atoms with Gasteiger partial charge in [-0.1, -0.05) is 6.07 Å². The predicted octanol–water partition coefficient (Wildman–Crippen LogP) is -0.246. The number of rotatable bonds is 8. The second-order valence-electron chi connectivity index (χ2n) is 6.89. The van der Waals surface area contributed by atoms with E-state index in [1.165, 1.54) is 4.90 Å². The van der Waals surface area contributed by atoms with Crippen LogP contribution in [0.2, 0.25) is 0 Å². The van der Waals surface area contributed by atoms with Gasteiger partial charge in [0.2, 0.25) is 6.79 Å². The third-order valence-corrected chi connectivity index (χ3v) is 4.94. The molecule has 29 heavy (non-hydrogen) atoms. The zero-order valence-corrected chi connectivity index (χ0v) is 16.3. The molecule has 1 amide bonds. The standard InChI is InChI=1S/C20H26N4O5/c21-12-17(20(27)24(7-9-25)8-10-26)14-23-5-3-22(4-6-23)13-16-1-2-18-19(11-16)29-15-28-18/h1-2,11,14,25-26H,3-10,13,15H2/b17-14-. The molecule has 0 saturated carbocycles. The SMILES string of the molecule is N#C/C(=C/N1CCN(Cc2ccc3c(c2)OCO3)CC1)C(=O)N(CCO)CCO. The Morgan fingerprint density at radius 1 is 1.14 bits per heavy atom. The summed E-state index contributed by atoms with van der Waals surface area (Å²) >= 11 is 0. The van der Waals surface area contributed by atoms with Gasteiger partial charge in [-0.15, -0.1) is 0 Å². The van der Waals surface area contributed by atoms with Crippen molar-refractivity contribution < 1.29 is 24.5 Å². The van der Waals surface area contributed by atoms with Crippen LogP contribution in [-0.4, -0.2) is 90.1 Å². The number of piperazine rings is 1. The number of nitrogens with zero attached hydrogens (tertiary/aromatic N) is 4. The van der Waals surface area contributed by atoms with Crippen LogP contribution < -0.4 is 9.47 Å². The summed E-state index contributed by atoms with van der Waals surface area (Å²) in [6.07, 6.45) is 1.59. The number of hydrogen-bond acceptors (Lipinski definition) is 8. The molecular formula is C20H26N4O5. The zero-order chi connectivity index (χ0) is 20.6. The van der Waals surface area contributed by atoms with E-state index in [4.69, 9.17) is 19.7 Å². The Morgan fingerprint density at radius 3 is 2.48 bits per heavy atom. The highest BCUT2D eigenvalue weighted by Gasteiger charge is 2.21. The van der Waals surface area contributed by atoms with Crippen molar-refractivity contribution in [3.05, 3.63) is 35.5 Å². The first kappa shape index (κ1) is 20.9. The van der Waals surface area contributed by atoms with Crippen LogP contribution in [0.1, 0.15) is 5.56 Å². The van der Waals surface area contributed by atoms with E-state index >= 15 is 0 Å². The van der Waals surface area contributed by atoms with Crippen LogP contribution in [0, 0.1) is 11.3 Å². The molecular weight excluding hydrogens is 376 g/mol. The lowest BCUT2D eigenvalue weighted by molar-refractivity contribution is -0.127. The van der Waals surface area contributed by atoms with Gasteiger partial charge in [0.25, 0.3) is 5.91 Å². The Balaban J connectivity index is 1.55. The minimum Gasteiger partial charge on any atom is -0.454 e. The largest absolute Gasteiger partial charge is 0.454 e. The third kappa shape index (κ3) is 5.38. The van der Waals surface area contributed by atoms with Crippen LogP contribution in [0.3, 0.4) is 0 Å². The Labute approximate surface area is 169 Å². The highest BCUT2D eigenvalue weighted by molar-refractivity contribution is 5.97. The topological polar surface area (TPSA) is 110 Å². The van der Waals surface area contributed by atoms with Gasteiger partial charge in [-0.25, -0.2) is 0 Å². The van der Waals surface area contributed by atoms with Gasteiger partial charge in [0, 0.05) is 52.0 Å². The van der Waals surface area contributed by atoms with Gasteiger partial charge in [0.05, 0.1) is 13.2 Å². The van der Waals surface area contributed by atoms with Crippen molar-refractivity contribution in [2.45, 2.75) is 6.54 Å². The Hall–Kier alpha value is -2.80. The molecule has 9 nitrogen and oxygen atoms in total. The van der Waals surface area contributed by atoms with E-state index in [0.29, 0.717) is 13.1 Å². The monoisotopic (exact) mass is 402 g/mol. The molecule has 0 atom stereocenters. The number of aliphatic hydroxyl groups is 2. The van der Waals surface area contributed by atoms with Crippen LogP contribution in [-0.2, 0) is 11.3 Å². The van der Waals surface area contributed by atoms with Crippen LogP contribution in [0.4, 0.5) is 0 Å². The number of amides is 1. The van der Waals surface area contributed by atoms with Crippen molar-refractivity contribution in [1.82, 2.24) is 14.7 Å². The first-order valence-electron chi connectivity index (χ1n) is 9.62. The first-order valence-corrected chi connectivity index (χ1v) is 9.62. The number of aliphatic hydroxyl groups excluding tert-OH is 2. The van der Waals surface area contributed by atoms with Crippen LogP contribution in [0.15, 0.2) is 30.0 Å². The van der Waals surface area contributed by atoms with E-state index in [1.54, 1.807) is 6.20 Å². The fourth-order valence-electron chi connectivity index (χ4n) is 3.39. The van der Waals surface area contributed by atoms with Crippen LogP contribution >= 0.6 is 0 Å². The molecule has 0 aliphatic carbocycles. The van der Waals surface area contributed by atoms with Crippen molar-refractivity contribution in [3.8, 4) is 17.6 Å². The van der Waals surface area contributed by atoms with Gasteiger partial charge in [-0.3, -0.25) is 9.69 Å². The molecule has 0 spiro atoms. The summed E-state index contributed by atoms with van der Waals surface area (Å²) in [5.74, 6) is 1.07. The van der Waals surface area contributed by atoms with Gasteiger partial charge >= 0.3 is 0 Å². The van der Waals surface area contributed by atoms with Crippen LogP contribution in [0.5, 0.6) is 11.5 Å². The Morgan fingerprint density at radius 2 is 1.83 bits per heavy atom. The minimum absolute atomic E-state index is 0.0103. The molecule has 0 bridgehead atoms. The Kier molecular flexibility index (Phi) is 7.30. The van der Waals surface area contributed by atoms with Gasteiger partial charge in [0.1, 0.15) is 11.6 Å². The second kappa shape index (κ2) is 10.1. The van der Waals surface area contributed by atoms with E-state index in [1.807, 2.05) is 29.2 Å². The molecule has 0 aromatic heterocycles. The summed E-state index contributed by atoms with van der Waals surface area (Å²) in [4.78, 5) is 18.0. The molecule has 9 heteroatoms. The molecule has 156 valence electrons. The highest BCUT2D eigenvalue weighted by atomic mass is 16.7. The predicted molar refractivity (Wildman–Crippen MR) is 104 cm³/mol. The van der Waals surface area contributed by atoms with Crippen molar-refractivity contribution in [2.75, 3.05) is 59.3 Å². The molecule has 0 unspecified atom stereocenters. The molecule has 0 radical (unpaired) electrons. The van der Waals surface area contributed by atoms with Gasteiger partial charge in [0.15, 0.2) is 11.5 Å². The average molecular weight is 402 g/mol. The molecule has 1 saturated heterocycles. The first-order chi connectivity index (χ1) is 14.1.